The molecule has 0 aliphatic rings. The van der Waals surface area contributed by atoms with Crippen molar-refractivity contribution in [2.75, 3.05) is 20.8 Å². The number of methoxy groups -OCH3 is 2. The van der Waals surface area contributed by atoms with Gasteiger partial charge in [-0.15, -0.1) is 0 Å². The Morgan fingerprint density at radius 2 is 1.77 bits per heavy atom. The van der Waals surface area contributed by atoms with Crippen molar-refractivity contribution in [1.82, 2.24) is 0 Å². The third kappa shape index (κ3) is 7.26. The van der Waals surface area contributed by atoms with Gasteiger partial charge in [0.1, 0.15) is 6.61 Å². The van der Waals surface area contributed by atoms with Crippen LogP contribution in [0.3, 0.4) is 0 Å². The van der Waals surface area contributed by atoms with E-state index in [9.17, 15) is 14.4 Å². The summed E-state index contributed by atoms with van der Waals surface area (Å²) in [6.07, 6.45) is -0.217. The topological polar surface area (TPSA) is 88.1 Å². The van der Waals surface area contributed by atoms with E-state index >= 15 is 0 Å². The minimum absolute atomic E-state index is 0.0370. The lowest BCUT2D eigenvalue weighted by Gasteiger charge is -2.11. The maximum Gasteiger partial charge on any atom is 0.333 e. The first-order valence-corrected chi connectivity index (χ1v) is 8.59. The number of hydrogen-bond donors (Lipinski definition) is 0. The highest BCUT2D eigenvalue weighted by molar-refractivity contribution is 9.09. The van der Waals surface area contributed by atoms with E-state index in [1.807, 2.05) is 0 Å². The van der Waals surface area contributed by atoms with Gasteiger partial charge in [-0.1, -0.05) is 28.6 Å². The van der Waals surface area contributed by atoms with Gasteiger partial charge in [0.05, 0.1) is 31.9 Å². The summed E-state index contributed by atoms with van der Waals surface area (Å²) in [7, 11) is 3.00. The van der Waals surface area contributed by atoms with Gasteiger partial charge < -0.3 is 18.9 Å². The van der Waals surface area contributed by atoms with Crippen LogP contribution in [0.15, 0.2) is 30.4 Å². The van der Waals surface area contributed by atoms with Crippen molar-refractivity contribution in [3.05, 3.63) is 35.9 Å². The van der Waals surface area contributed by atoms with E-state index in [1.165, 1.54) is 21.1 Å². The number of rotatable bonds is 9. The Morgan fingerprint density at radius 3 is 2.35 bits per heavy atom. The molecule has 142 valence electrons. The Labute approximate surface area is 160 Å². The first-order valence-electron chi connectivity index (χ1n) is 7.68. The molecule has 0 N–H and O–H groups in total. The molecule has 0 saturated carbocycles. The molecule has 0 amide bonds. The van der Waals surface area contributed by atoms with Gasteiger partial charge in [-0.05, 0) is 24.6 Å². The van der Waals surface area contributed by atoms with Crippen LogP contribution in [0.4, 0.5) is 0 Å². The van der Waals surface area contributed by atoms with Gasteiger partial charge >= 0.3 is 17.9 Å². The van der Waals surface area contributed by atoms with Crippen molar-refractivity contribution < 1.29 is 33.3 Å². The molecule has 1 rings (SSSR count). The van der Waals surface area contributed by atoms with E-state index in [0.717, 1.165) is 0 Å². The predicted molar refractivity (Wildman–Crippen MR) is 97.5 cm³/mol. The molecule has 1 atom stereocenters. The zero-order valence-electron chi connectivity index (χ0n) is 14.9. The highest BCUT2D eigenvalue weighted by Crippen LogP contribution is 2.27. The number of carbonyl (C=O) groups excluding carboxylic acids is 3. The largest absolute Gasteiger partial charge is 0.493 e. The fourth-order valence-corrected chi connectivity index (χ4v) is 2.29. The predicted octanol–water partition coefficient (Wildman–Crippen LogP) is 2.59. The first-order chi connectivity index (χ1) is 12.3. The number of hydrogen-bond acceptors (Lipinski definition) is 7. The molecule has 26 heavy (non-hydrogen) atoms. The van der Waals surface area contributed by atoms with Crippen LogP contribution in [0.5, 0.6) is 11.5 Å². The zero-order valence-corrected chi connectivity index (χ0v) is 16.5. The van der Waals surface area contributed by atoms with Crippen molar-refractivity contribution in [3.63, 3.8) is 0 Å². The second-order valence-corrected chi connectivity index (χ2v) is 6.69. The van der Waals surface area contributed by atoms with Gasteiger partial charge in [0, 0.05) is 5.57 Å². The molecule has 0 bridgehead atoms. The van der Waals surface area contributed by atoms with Crippen LogP contribution in [0.1, 0.15) is 18.9 Å². The number of alkyl halides is 1. The summed E-state index contributed by atoms with van der Waals surface area (Å²) in [4.78, 5) is 34.5. The molecular weight excluding hydrogens is 408 g/mol. The number of esters is 3. The standard InChI is InChI=1S/C18H21BrO7/c1-11(2)18(22)25-10-13(19)9-17(21)26-16(20)8-12-5-6-14(23-3)15(7-12)24-4/h5-7,13H,1,8-10H2,2-4H3. The van der Waals surface area contributed by atoms with Gasteiger partial charge in [-0.25, -0.2) is 4.79 Å². The maximum atomic E-state index is 11.9. The Kier molecular flexibility index (Phi) is 8.84. The number of ether oxygens (including phenoxy) is 4. The van der Waals surface area contributed by atoms with E-state index in [1.54, 1.807) is 18.2 Å². The second kappa shape index (κ2) is 10.6. The van der Waals surface area contributed by atoms with Gasteiger partial charge in [0.25, 0.3) is 0 Å². The normalized spacial score (nSPS) is 11.2. The zero-order chi connectivity index (χ0) is 19.7. The van der Waals surface area contributed by atoms with Crippen LogP contribution in [-0.4, -0.2) is 43.6 Å². The van der Waals surface area contributed by atoms with E-state index in [4.69, 9.17) is 18.9 Å². The van der Waals surface area contributed by atoms with Crippen molar-refractivity contribution >= 4 is 33.8 Å². The lowest BCUT2D eigenvalue weighted by Crippen LogP contribution is -2.21. The van der Waals surface area contributed by atoms with Crippen LogP contribution >= 0.6 is 15.9 Å². The summed E-state index contributed by atoms with van der Waals surface area (Å²) in [6.45, 7) is 4.94. The smallest absolute Gasteiger partial charge is 0.333 e. The molecular formula is C18H21BrO7. The van der Waals surface area contributed by atoms with E-state index < -0.39 is 22.7 Å². The fourth-order valence-electron chi connectivity index (χ4n) is 1.89. The lowest BCUT2D eigenvalue weighted by molar-refractivity contribution is -0.159. The van der Waals surface area contributed by atoms with Crippen molar-refractivity contribution in [2.24, 2.45) is 0 Å². The van der Waals surface area contributed by atoms with Gasteiger partial charge in [-0.3, -0.25) is 9.59 Å². The molecule has 0 radical (unpaired) electrons. The van der Waals surface area contributed by atoms with Gasteiger partial charge in [-0.2, -0.15) is 0 Å². The summed E-state index contributed by atoms with van der Waals surface area (Å²) < 4.78 is 20.0. The molecule has 0 spiro atoms. The summed E-state index contributed by atoms with van der Waals surface area (Å²) in [5, 5.41) is 0. The summed E-state index contributed by atoms with van der Waals surface area (Å²) in [5.41, 5.74) is 0.878. The van der Waals surface area contributed by atoms with Gasteiger partial charge in [0.15, 0.2) is 11.5 Å². The Hall–Kier alpha value is -2.35. The molecule has 0 heterocycles. The number of benzene rings is 1. The van der Waals surface area contributed by atoms with Crippen LogP contribution in [-0.2, 0) is 30.3 Å². The summed E-state index contributed by atoms with van der Waals surface area (Å²) in [5.74, 6) is -0.951. The van der Waals surface area contributed by atoms with Gasteiger partial charge in [0.2, 0.25) is 0 Å². The van der Waals surface area contributed by atoms with Crippen LogP contribution < -0.4 is 9.47 Å². The molecule has 1 aromatic rings. The SMILES string of the molecule is C=C(C)C(=O)OCC(Br)CC(=O)OC(=O)Cc1ccc(OC)c(OC)c1. The molecule has 0 aliphatic carbocycles. The van der Waals surface area contributed by atoms with E-state index in [2.05, 4.69) is 22.5 Å². The minimum Gasteiger partial charge on any atom is -0.493 e. The Morgan fingerprint density at radius 1 is 1.12 bits per heavy atom. The minimum atomic E-state index is -0.719. The highest BCUT2D eigenvalue weighted by atomic mass is 79.9. The van der Waals surface area contributed by atoms with Crippen LogP contribution in [0.2, 0.25) is 0 Å². The summed E-state index contributed by atoms with van der Waals surface area (Å²) >= 11 is 3.20. The average Bonchev–Trinajstić information content (AvgIpc) is 2.58. The quantitative estimate of drug-likeness (QED) is 0.258. The van der Waals surface area contributed by atoms with Crippen molar-refractivity contribution in [1.29, 1.82) is 0 Å². The van der Waals surface area contributed by atoms with Crippen LogP contribution in [0.25, 0.3) is 0 Å². The Balaban J connectivity index is 2.48. The second-order valence-electron chi connectivity index (χ2n) is 5.39. The lowest BCUT2D eigenvalue weighted by atomic mass is 10.1. The third-order valence-corrected chi connectivity index (χ3v) is 3.74. The molecule has 1 unspecified atom stereocenters. The average molecular weight is 429 g/mol. The molecule has 7 nitrogen and oxygen atoms in total. The number of carbonyl (C=O) groups is 3. The molecule has 0 fully saturated rings. The number of halogens is 1. The van der Waals surface area contributed by atoms with Crippen LogP contribution in [0, 0.1) is 0 Å². The monoisotopic (exact) mass is 428 g/mol. The first kappa shape index (κ1) is 21.7. The molecule has 8 heteroatoms. The molecule has 0 aromatic heterocycles. The van der Waals surface area contributed by atoms with E-state index in [0.29, 0.717) is 17.1 Å². The Bertz CT molecular complexity index is 684. The fraction of sp³-hybridized carbons (Fsp3) is 0.389. The third-order valence-electron chi connectivity index (χ3n) is 3.16. The van der Waals surface area contributed by atoms with E-state index in [-0.39, 0.29) is 25.0 Å². The van der Waals surface area contributed by atoms with Crippen molar-refractivity contribution in [3.8, 4) is 11.5 Å². The summed E-state index contributed by atoms with van der Waals surface area (Å²) in [6, 6.07) is 4.97. The maximum absolute atomic E-state index is 11.9. The highest BCUT2D eigenvalue weighted by Gasteiger charge is 2.18. The molecule has 1 aromatic carbocycles. The molecule has 0 aliphatic heterocycles. The molecule has 0 saturated heterocycles. The van der Waals surface area contributed by atoms with Crippen molar-refractivity contribution in [2.45, 2.75) is 24.6 Å².